The first kappa shape index (κ1) is 11.0. The summed E-state index contributed by atoms with van der Waals surface area (Å²) in [5.41, 5.74) is 0.576. The maximum atomic E-state index is 13.0. The number of isocyanates is 1. The Morgan fingerprint density at radius 1 is 1.38 bits per heavy atom. The van der Waals surface area contributed by atoms with E-state index in [0.29, 0.717) is 5.56 Å². The van der Waals surface area contributed by atoms with Crippen molar-refractivity contribution in [2.75, 3.05) is 0 Å². The molecule has 0 unspecified atom stereocenters. The number of hydrogen-bond donors (Lipinski definition) is 0. The summed E-state index contributed by atoms with van der Waals surface area (Å²) in [6, 6.07) is 7.17. The van der Waals surface area contributed by atoms with Crippen LogP contribution in [0.4, 0.5) is 8.78 Å². The van der Waals surface area contributed by atoms with Crippen molar-refractivity contribution in [3.05, 3.63) is 35.4 Å². The summed E-state index contributed by atoms with van der Waals surface area (Å²) in [7, 11) is 0. The smallest absolute Gasteiger partial charge is 0.211 e. The van der Waals surface area contributed by atoms with Gasteiger partial charge in [-0.3, -0.25) is 0 Å². The van der Waals surface area contributed by atoms with Gasteiger partial charge in [0.25, 0.3) is 5.92 Å². The van der Waals surface area contributed by atoms with Gasteiger partial charge in [0.1, 0.15) is 5.54 Å². The summed E-state index contributed by atoms with van der Waals surface area (Å²) >= 11 is 0. The van der Waals surface area contributed by atoms with Crippen molar-refractivity contribution in [3.63, 3.8) is 0 Å². The molecular formula is C12H11F2NO. The number of carbonyl (C=O) groups excluding carboxylic acids is 1. The number of halogens is 2. The summed E-state index contributed by atoms with van der Waals surface area (Å²) in [5.74, 6) is -2.72. The van der Waals surface area contributed by atoms with Crippen molar-refractivity contribution in [3.8, 4) is 0 Å². The molecule has 0 N–H and O–H groups in total. The number of nitrogens with zero attached hydrogens (tertiary/aromatic N) is 1. The van der Waals surface area contributed by atoms with Gasteiger partial charge in [-0.15, -0.1) is 0 Å². The minimum Gasteiger partial charge on any atom is -0.211 e. The topological polar surface area (TPSA) is 29.4 Å². The molecule has 1 aromatic carbocycles. The second-order valence-corrected chi connectivity index (χ2v) is 4.31. The normalized spacial score (nSPS) is 20.7. The molecule has 0 amide bonds. The first-order valence-electron chi connectivity index (χ1n) is 5.01. The van der Waals surface area contributed by atoms with Crippen LogP contribution in [0.5, 0.6) is 0 Å². The highest BCUT2D eigenvalue weighted by molar-refractivity contribution is 5.41. The minimum atomic E-state index is -2.72. The van der Waals surface area contributed by atoms with E-state index >= 15 is 0 Å². The highest BCUT2D eigenvalue weighted by Crippen LogP contribution is 2.54. The van der Waals surface area contributed by atoms with E-state index in [1.54, 1.807) is 18.2 Å². The summed E-state index contributed by atoms with van der Waals surface area (Å²) in [6.07, 6.45) is 0.600. The van der Waals surface area contributed by atoms with Crippen molar-refractivity contribution in [2.24, 2.45) is 4.99 Å². The van der Waals surface area contributed by atoms with Crippen LogP contribution in [-0.4, -0.2) is 12.0 Å². The molecule has 2 rings (SSSR count). The average Bonchev–Trinajstić information content (AvgIpc) is 2.15. The monoisotopic (exact) mass is 223 g/mol. The van der Waals surface area contributed by atoms with Crippen molar-refractivity contribution >= 4 is 6.08 Å². The largest absolute Gasteiger partial charge is 0.253 e. The fourth-order valence-corrected chi connectivity index (χ4v) is 2.17. The number of aryl methyl sites for hydroxylation is 1. The number of alkyl halides is 2. The zero-order valence-electron chi connectivity index (χ0n) is 8.84. The van der Waals surface area contributed by atoms with Crippen LogP contribution in [0.2, 0.25) is 0 Å². The lowest BCUT2D eigenvalue weighted by Crippen LogP contribution is -2.48. The predicted octanol–water partition coefficient (Wildman–Crippen LogP) is 2.96. The van der Waals surface area contributed by atoms with E-state index in [4.69, 9.17) is 0 Å². The number of hydrogen-bond acceptors (Lipinski definition) is 2. The van der Waals surface area contributed by atoms with Gasteiger partial charge in [0.05, 0.1) is 0 Å². The van der Waals surface area contributed by atoms with Crippen LogP contribution in [0.1, 0.15) is 24.0 Å². The fraction of sp³-hybridized carbons (Fsp3) is 0.417. The van der Waals surface area contributed by atoms with E-state index in [-0.39, 0.29) is 0 Å². The Morgan fingerprint density at radius 2 is 2.06 bits per heavy atom. The fourth-order valence-electron chi connectivity index (χ4n) is 2.17. The molecule has 1 aromatic rings. The second-order valence-electron chi connectivity index (χ2n) is 4.31. The Balaban J connectivity index is 2.39. The highest BCUT2D eigenvalue weighted by atomic mass is 19.3. The Bertz CT molecular complexity index is 456. The van der Waals surface area contributed by atoms with Gasteiger partial charge in [-0.2, -0.15) is 4.99 Å². The molecule has 0 aromatic heterocycles. The molecule has 1 aliphatic rings. The van der Waals surface area contributed by atoms with Crippen molar-refractivity contribution in [1.82, 2.24) is 0 Å². The molecule has 0 aliphatic heterocycles. The zero-order chi connectivity index (χ0) is 11.8. The van der Waals surface area contributed by atoms with E-state index in [2.05, 4.69) is 4.99 Å². The van der Waals surface area contributed by atoms with Gasteiger partial charge in [-0.05, 0) is 12.5 Å². The van der Waals surface area contributed by atoms with Crippen LogP contribution in [0.3, 0.4) is 0 Å². The number of benzene rings is 1. The van der Waals surface area contributed by atoms with Crippen LogP contribution < -0.4 is 0 Å². The first-order chi connectivity index (χ1) is 7.47. The van der Waals surface area contributed by atoms with Crippen LogP contribution in [0, 0.1) is 6.92 Å². The maximum Gasteiger partial charge on any atom is 0.253 e. The van der Waals surface area contributed by atoms with E-state index in [1.165, 1.54) is 6.08 Å². The molecule has 0 bridgehead atoms. The molecule has 0 atom stereocenters. The summed E-state index contributed by atoms with van der Waals surface area (Å²) in [4.78, 5) is 13.9. The summed E-state index contributed by atoms with van der Waals surface area (Å²) in [5, 5.41) is 0. The van der Waals surface area contributed by atoms with Crippen LogP contribution in [-0.2, 0) is 10.3 Å². The quantitative estimate of drug-likeness (QED) is 0.560. The third-order valence-electron chi connectivity index (χ3n) is 2.92. The van der Waals surface area contributed by atoms with Crippen LogP contribution in [0.15, 0.2) is 29.3 Å². The lowest BCUT2D eigenvalue weighted by molar-refractivity contribution is -0.124. The third kappa shape index (κ3) is 1.76. The molecule has 2 nitrogen and oxygen atoms in total. The van der Waals surface area contributed by atoms with Crippen molar-refractivity contribution in [1.29, 1.82) is 0 Å². The molecule has 0 spiro atoms. The Hall–Kier alpha value is -1.54. The van der Waals surface area contributed by atoms with E-state index in [1.807, 2.05) is 13.0 Å². The second kappa shape index (κ2) is 3.49. The van der Waals surface area contributed by atoms with Crippen molar-refractivity contribution < 1.29 is 13.6 Å². The van der Waals surface area contributed by atoms with Gasteiger partial charge in [0.15, 0.2) is 0 Å². The molecule has 0 saturated heterocycles. The third-order valence-corrected chi connectivity index (χ3v) is 2.92. The van der Waals surface area contributed by atoms with E-state index in [0.717, 1.165) is 5.56 Å². The Labute approximate surface area is 92.0 Å². The van der Waals surface area contributed by atoms with E-state index < -0.39 is 24.3 Å². The highest BCUT2D eigenvalue weighted by Gasteiger charge is 2.58. The van der Waals surface area contributed by atoms with Gasteiger partial charge in [-0.25, -0.2) is 13.6 Å². The van der Waals surface area contributed by atoms with Crippen LogP contribution >= 0.6 is 0 Å². The van der Waals surface area contributed by atoms with Gasteiger partial charge >= 0.3 is 0 Å². The molecular weight excluding hydrogens is 212 g/mol. The summed E-state index contributed by atoms with van der Waals surface area (Å²) < 4.78 is 25.9. The molecule has 1 fully saturated rings. The molecule has 0 heterocycles. The van der Waals surface area contributed by atoms with Crippen molar-refractivity contribution in [2.45, 2.75) is 31.2 Å². The zero-order valence-corrected chi connectivity index (χ0v) is 8.84. The van der Waals surface area contributed by atoms with Crippen LogP contribution in [0.25, 0.3) is 0 Å². The maximum absolute atomic E-state index is 13.0. The van der Waals surface area contributed by atoms with Gasteiger partial charge in [-0.1, -0.05) is 29.8 Å². The van der Waals surface area contributed by atoms with Gasteiger partial charge in [0, 0.05) is 12.8 Å². The SMILES string of the molecule is Cc1cccc(C2(N=C=O)CC(F)(F)C2)c1. The standard InChI is InChI=1S/C12H11F2NO/c1-9-3-2-4-10(5-9)11(15-8-16)6-12(13,14)7-11/h2-5H,6-7H2,1H3. The Morgan fingerprint density at radius 3 is 2.56 bits per heavy atom. The Kier molecular flexibility index (Phi) is 2.39. The molecule has 1 aliphatic carbocycles. The lowest BCUT2D eigenvalue weighted by atomic mass is 9.69. The minimum absolute atomic E-state index is 0.404. The van der Waals surface area contributed by atoms with Gasteiger partial charge in [0.2, 0.25) is 6.08 Å². The van der Waals surface area contributed by atoms with Gasteiger partial charge < -0.3 is 0 Å². The molecule has 84 valence electrons. The molecule has 0 radical (unpaired) electrons. The predicted molar refractivity (Wildman–Crippen MR) is 55.2 cm³/mol. The first-order valence-corrected chi connectivity index (χ1v) is 5.01. The molecule has 4 heteroatoms. The number of aliphatic imine (C=N–C) groups is 1. The average molecular weight is 223 g/mol. The summed E-state index contributed by atoms with van der Waals surface area (Å²) in [6.45, 7) is 1.87. The lowest BCUT2D eigenvalue weighted by Gasteiger charge is -2.43. The molecule has 16 heavy (non-hydrogen) atoms. The number of rotatable bonds is 2. The molecule has 1 saturated carbocycles. The van der Waals surface area contributed by atoms with E-state index in [9.17, 15) is 13.6 Å².